The Morgan fingerprint density at radius 3 is 2.62 bits per heavy atom. The van der Waals surface area contributed by atoms with Crippen LogP contribution in [0.3, 0.4) is 0 Å². The summed E-state index contributed by atoms with van der Waals surface area (Å²) in [5, 5.41) is 7.36. The Morgan fingerprint density at radius 1 is 1.16 bits per heavy atom. The predicted octanol–water partition coefficient (Wildman–Crippen LogP) is 5.33. The van der Waals surface area contributed by atoms with Crippen LogP contribution in [0.25, 0.3) is 11.4 Å². The molecule has 168 valence electrons. The first kappa shape index (κ1) is 22.2. The van der Waals surface area contributed by atoms with Crippen molar-refractivity contribution in [3.63, 3.8) is 0 Å². The first-order valence-electron chi connectivity index (χ1n) is 11.4. The summed E-state index contributed by atoms with van der Waals surface area (Å²) in [4.78, 5) is 19.8. The van der Waals surface area contributed by atoms with Crippen LogP contribution < -0.4 is 5.32 Å². The highest BCUT2D eigenvalue weighted by Gasteiger charge is 2.27. The monoisotopic (exact) mass is 432 g/mol. The number of rotatable bonds is 6. The fourth-order valence-corrected chi connectivity index (χ4v) is 4.33. The molecule has 1 aliphatic rings. The Kier molecular flexibility index (Phi) is 6.70. The summed E-state index contributed by atoms with van der Waals surface area (Å²) in [5.41, 5.74) is 5.41. The minimum atomic E-state index is 0.0245. The van der Waals surface area contributed by atoms with Crippen LogP contribution in [0.15, 0.2) is 47.0 Å². The maximum absolute atomic E-state index is 13.0. The van der Waals surface area contributed by atoms with Crippen LogP contribution >= 0.6 is 0 Å². The van der Waals surface area contributed by atoms with E-state index in [0.29, 0.717) is 24.2 Å². The van der Waals surface area contributed by atoms with Gasteiger partial charge in [-0.3, -0.25) is 9.69 Å². The maximum atomic E-state index is 13.0. The molecule has 1 aliphatic heterocycles. The van der Waals surface area contributed by atoms with Crippen LogP contribution in [0.1, 0.15) is 55.2 Å². The van der Waals surface area contributed by atoms with Crippen molar-refractivity contribution in [3.05, 3.63) is 65.0 Å². The van der Waals surface area contributed by atoms with Gasteiger partial charge in [0.25, 0.3) is 0 Å². The number of piperidine rings is 1. The second-order valence-electron chi connectivity index (χ2n) is 9.11. The lowest BCUT2D eigenvalue weighted by Gasteiger charge is -2.30. The van der Waals surface area contributed by atoms with Crippen LogP contribution in [0.5, 0.6) is 0 Å². The molecule has 1 amide bonds. The molecule has 0 atom stereocenters. The summed E-state index contributed by atoms with van der Waals surface area (Å²) in [6.45, 7) is 10.7. The van der Waals surface area contributed by atoms with Crippen molar-refractivity contribution >= 4 is 11.6 Å². The van der Waals surface area contributed by atoms with Crippen molar-refractivity contribution in [2.75, 3.05) is 18.4 Å². The molecule has 32 heavy (non-hydrogen) atoms. The zero-order valence-corrected chi connectivity index (χ0v) is 19.4. The first-order valence-corrected chi connectivity index (χ1v) is 11.4. The number of para-hydroxylation sites is 1. The second-order valence-corrected chi connectivity index (χ2v) is 9.11. The Morgan fingerprint density at radius 2 is 1.91 bits per heavy atom. The van der Waals surface area contributed by atoms with Gasteiger partial charge >= 0.3 is 0 Å². The highest BCUT2D eigenvalue weighted by Crippen LogP contribution is 2.29. The Bertz CT molecular complexity index is 1080. The van der Waals surface area contributed by atoms with E-state index < -0.39 is 0 Å². The number of nitrogens with zero attached hydrogens (tertiary/aromatic N) is 3. The summed E-state index contributed by atoms with van der Waals surface area (Å²) < 4.78 is 5.48. The molecule has 1 saturated heterocycles. The van der Waals surface area contributed by atoms with E-state index in [1.54, 1.807) is 0 Å². The number of aryl methyl sites for hydroxylation is 2. The highest BCUT2D eigenvalue weighted by atomic mass is 16.5. The number of carbonyl (C=O) groups excluding carboxylic acids is 1. The molecule has 0 spiro atoms. The van der Waals surface area contributed by atoms with Gasteiger partial charge in [-0.2, -0.15) is 4.98 Å². The normalized spacial score (nSPS) is 15.3. The van der Waals surface area contributed by atoms with Gasteiger partial charge in [-0.25, -0.2) is 0 Å². The maximum Gasteiger partial charge on any atom is 0.241 e. The number of benzene rings is 2. The largest absolute Gasteiger partial charge is 0.338 e. The van der Waals surface area contributed by atoms with Gasteiger partial charge in [0, 0.05) is 17.2 Å². The summed E-state index contributed by atoms with van der Waals surface area (Å²) in [7, 11) is 0. The summed E-state index contributed by atoms with van der Waals surface area (Å²) in [6, 6.07) is 14.3. The molecule has 1 aromatic heterocycles. The Labute approximate surface area is 190 Å². The van der Waals surface area contributed by atoms with Gasteiger partial charge in [0.15, 0.2) is 0 Å². The molecule has 0 unspecified atom stereocenters. The number of amides is 1. The molecule has 0 aliphatic carbocycles. The Balaban J connectivity index is 1.33. The van der Waals surface area contributed by atoms with E-state index in [0.717, 1.165) is 42.7 Å². The van der Waals surface area contributed by atoms with E-state index in [9.17, 15) is 4.79 Å². The van der Waals surface area contributed by atoms with Crippen LogP contribution in [0.4, 0.5) is 5.69 Å². The minimum Gasteiger partial charge on any atom is -0.338 e. The number of likely N-dealkylation sites (tertiary alicyclic amines) is 1. The number of carbonyl (C=O) groups is 1. The minimum absolute atomic E-state index is 0.0245. The third-order valence-corrected chi connectivity index (χ3v) is 6.24. The van der Waals surface area contributed by atoms with Crippen molar-refractivity contribution in [1.29, 1.82) is 0 Å². The van der Waals surface area contributed by atoms with Gasteiger partial charge in [0.2, 0.25) is 17.6 Å². The quantitative estimate of drug-likeness (QED) is 0.570. The van der Waals surface area contributed by atoms with Crippen LogP contribution in [0, 0.1) is 19.8 Å². The number of aromatic nitrogens is 2. The summed E-state index contributed by atoms with van der Waals surface area (Å²) in [6.07, 6.45) is 1.65. The van der Waals surface area contributed by atoms with Crippen molar-refractivity contribution in [3.8, 4) is 11.4 Å². The van der Waals surface area contributed by atoms with Crippen molar-refractivity contribution in [2.24, 2.45) is 5.92 Å². The molecule has 1 fully saturated rings. The zero-order valence-electron chi connectivity index (χ0n) is 19.4. The SMILES string of the molecule is Cc1cccc(-c2noc(CN3CCC(C(=O)Nc4c(C)cccc4C(C)C)CC3)n2)c1. The highest BCUT2D eigenvalue weighted by molar-refractivity contribution is 5.94. The average Bonchev–Trinajstić information content (AvgIpc) is 3.24. The lowest BCUT2D eigenvalue weighted by Crippen LogP contribution is -2.38. The molecule has 2 heterocycles. The van der Waals surface area contributed by atoms with Crippen LogP contribution in [-0.2, 0) is 11.3 Å². The number of nitrogens with one attached hydrogen (secondary N) is 1. The van der Waals surface area contributed by atoms with Crippen molar-refractivity contribution in [1.82, 2.24) is 15.0 Å². The van der Waals surface area contributed by atoms with E-state index in [1.165, 1.54) is 11.1 Å². The number of hydrogen-bond acceptors (Lipinski definition) is 5. The molecular weight excluding hydrogens is 400 g/mol. The molecule has 0 saturated carbocycles. The average molecular weight is 433 g/mol. The topological polar surface area (TPSA) is 71.3 Å². The Hall–Kier alpha value is -2.99. The smallest absolute Gasteiger partial charge is 0.241 e. The van der Waals surface area contributed by atoms with Crippen LogP contribution in [-0.4, -0.2) is 34.0 Å². The number of hydrogen-bond donors (Lipinski definition) is 1. The standard InChI is InChI=1S/C26H32N4O2/c1-17(2)22-10-6-8-19(4)24(22)28-26(31)20-11-13-30(14-12-20)16-23-27-25(29-32-23)21-9-5-7-18(3)15-21/h5-10,15,17,20H,11-14,16H2,1-4H3,(H,28,31). The number of anilines is 1. The van der Waals surface area contributed by atoms with Gasteiger partial charge in [0.1, 0.15) is 0 Å². The molecule has 6 nitrogen and oxygen atoms in total. The molecule has 2 aromatic carbocycles. The van der Waals surface area contributed by atoms with E-state index in [2.05, 4.69) is 65.4 Å². The lowest BCUT2D eigenvalue weighted by atomic mass is 9.94. The van der Waals surface area contributed by atoms with Crippen LogP contribution in [0.2, 0.25) is 0 Å². The third kappa shape index (κ3) is 5.07. The van der Waals surface area contributed by atoms with Gasteiger partial charge < -0.3 is 9.84 Å². The molecule has 0 radical (unpaired) electrons. The fourth-order valence-electron chi connectivity index (χ4n) is 4.33. The van der Waals surface area contributed by atoms with E-state index in [4.69, 9.17) is 4.52 Å². The fraction of sp³-hybridized carbons (Fsp3) is 0.423. The van der Waals surface area contributed by atoms with Gasteiger partial charge in [0.05, 0.1) is 6.54 Å². The van der Waals surface area contributed by atoms with E-state index in [1.807, 2.05) is 25.1 Å². The molecule has 0 bridgehead atoms. The molecule has 1 N–H and O–H groups in total. The third-order valence-electron chi connectivity index (χ3n) is 6.24. The summed E-state index contributed by atoms with van der Waals surface area (Å²) >= 11 is 0. The molecule has 4 rings (SSSR count). The first-order chi connectivity index (χ1) is 15.4. The summed E-state index contributed by atoms with van der Waals surface area (Å²) in [5.74, 6) is 1.76. The molecule has 3 aromatic rings. The molecular formula is C26H32N4O2. The van der Waals surface area contributed by atoms with Gasteiger partial charge in [-0.15, -0.1) is 0 Å². The molecule has 6 heteroatoms. The zero-order chi connectivity index (χ0) is 22.7. The van der Waals surface area contributed by atoms with Crippen molar-refractivity contribution in [2.45, 2.75) is 53.0 Å². The second kappa shape index (κ2) is 9.65. The van der Waals surface area contributed by atoms with E-state index in [-0.39, 0.29) is 11.8 Å². The van der Waals surface area contributed by atoms with E-state index >= 15 is 0 Å². The van der Waals surface area contributed by atoms with Gasteiger partial charge in [-0.05, 0) is 62.9 Å². The lowest BCUT2D eigenvalue weighted by molar-refractivity contribution is -0.121. The predicted molar refractivity (Wildman–Crippen MR) is 126 cm³/mol. The van der Waals surface area contributed by atoms with Gasteiger partial charge in [-0.1, -0.05) is 61.0 Å². The van der Waals surface area contributed by atoms with Crippen molar-refractivity contribution < 1.29 is 9.32 Å².